The van der Waals surface area contributed by atoms with Crippen LogP contribution in [0.4, 0.5) is 10.5 Å². The summed E-state index contributed by atoms with van der Waals surface area (Å²) in [5.41, 5.74) is 1.61. The van der Waals surface area contributed by atoms with Crippen molar-refractivity contribution in [2.75, 3.05) is 19.0 Å². The second-order valence-electron chi connectivity index (χ2n) is 5.26. The van der Waals surface area contributed by atoms with Crippen LogP contribution >= 0.6 is 11.6 Å². The first-order chi connectivity index (χ1) is 11.2. The molecule has 1 aliphatic rings. The number of anilines is 1. The summed E-state index contributed by atoms with van der Waals surface area (Å²) in [4.78, 5) is 12.2. The van der Waals surface area contributed by atoms with Crippen LogP contribution in [0.2, 0.25) is 5.02 Å². The molecule has 0 aromatic heterocycles. The van der Waals surface area contributed by atoms with Gasteiger partial charge in [-0.25, -0.2) is 4.79 Å². The fourth-order valence-electron chi connectivity index (χ4n) is 2.54. The molecule has 0 radical (unpaired) electrons. The van der Waals surface area contributed by atoms with Crippen molar-refractivity contribution in [2.24, 2.45) is 0 Å². The second kappa shape index (κ2) is 6.79. The SMILES string of the molecule is COc1ccc(Cl)cc1NC(=O)N[C@H]1COc2ccccc2C1. The van der Waals surface area contributed by atoms with Crippen LogP contribution in [-0.4, -0.2) is 25.8 Å². The summed E-state index contributed by atoms with van der Waals surface area (Å²) in [6.07, 6.45) is 0.732. The zero-order valence-electron chi connectivity index (χ0n) is 12.6. The number of rotatable bonds is 3. The lowest BCUT2D eigenvalue weighted by molar-refractivity contribution is 0.222. The topological polar surface area (TPSA) is 59.6 Å². The van der Waals surface area contributed by atoms with Crippen LogP contribution in [0.3, 0.4) is 0 Å². The minimum atomic E-state index is -0.321. The van der Waals surface area contributed by atoms with E-state index < -0.39 is 0 Å². The molecule has 0 saturated carbocycles. The number of carbonyl (C=O) groups excluding carboxylic acids is 1. The number of fused-ring (bicyclic) bond motifs is 1. The average molecular weight is 333 g/mol. The van der Waals surface area contributed by atoms with Crippen molar-refractivity contribution >= 4 is 23.3 Å². The Morgan fingerprint density at radius 1 is 1.30 bits per heavy atom. The number of hydrogen-bond acceptors (Lipinski definition) is 3. The first-order valence-electron chi connectivity index (χ1n) is 7.27. The molecule has 0 saturated heterocycles. The number of halogens is 1. The van der Waals surface area contributed by atoms with E-state index in [4.69, 9.17) is 21.1 Å². The van der Waals surface area contributed by atoms with Gasteiger partial charge < -0.3 is 20.1 Å². The lowest BCUT2D eigenvalue weighted by Crippen LogP contribution is -2.44. The van der Waals surface area contributed by atoms with E-state index in [-0.39, 0.29) is 12.1 Å². The van der Waals surface area contributed by atoms with Gasteiger partial charge in [-0.3, -0.25) is 0 Å². The third kappa shape index (κ3) is 3.68. The summed E-state index contributed by atoms with van der Waals surface area (Å²) < 4.78 is 10.9. The standard InChI is InChI=1S/C17H17ClN2O3/c1-22-16-7-6-12(18)9-14(16)20-17(21)19-13-8-11-4-2-3-5-15(11)23-10-13/h2-7,9,13H,8,10H2,1H3,(H2,19,20,21)/t13-/m1/s1. The zero-order valence-corrected chi connectivity index (χ0v) is 13.4. The average Bonchev–Trinajstić information content (AvgIpc) is 2.55. The van der Waals surface area contributed by atoms with Gasteiger partial charge in [0.25, 0.3) is 0 Å². The monoisotopic (exact) mass is 332 g/mol. The first-order valence-corrected chi connectivity index (χ1v) is 7.65. The summed E-state index contributed by atoms with van der Waals surface area (Å²) >= 11 is 5.96. The number of benzene rings is 2. The molecule has 5 nitrogen and oxygen atoms in total. The lowest BCUT2D eigenvalue weighted by Gasteiger charge is -2.26. The predicted octanol–water partition coefficient (Wildman–Crippen LogP) is 3.47. The van der Waals surface area contributed by atoms with Gasteiger partial charge in [-0.1, -0.05) is 29.8 Å². The Kier molecular flexibility index (Phi) is 4.57. The molecule has 0 unspecified atom stereocenters. The van der Waals surface area contributed by atoms with Gasteiger partial charge in [0.05, 0.1) is 18.8 Å². The van der Waals surface area contributed by atoms with Crippen LogP contribution in [0.1, 0.15) is 5.56 Å². The van der Waals surface area contributed by atoms with Crippen molar-refractivity contribution in [3.05, 3.63) is 53.1 Å². The number of para-hydroxylation sites is 1. The van der Waals surface area contributed by atoms with Crippen molar-refractivity contribution in [1.82, 2.24) is 5.32 Å². The summed E-state index contributed by atoms with van der Waals surface area (Å²) in [6.45, 7) is 0.442. The van der Waals surface area contributed by atoms with Crippen LogP contribution in [0.15, 0.2) is 42.5 Å². The highest BCUT2D eigenvalue weighted by Gasteiger charge is 2.21. The summed E-state index contributed by atoms with van der Waals surface area (Å²) in [6, 6.07) is 12.5. The Labute approximate surface area is 139 Å². The summed E-state index contributed by atoms with van der Waals surface area (Å²) in [5.74, 6) is 1.43. The number of nitrogens with one attached hydrogen (secondary N) is 2. The van der Waals surface area contributed by atoms with Crippen molar-refractivity contribution in [1.29, 1.82) is 0 Å². The number of ether oxygens (including phenoxy) is 2. The molecule has 23 heavy (non-hydrogen) atoms. The lowest BCUT2D eigenvalue weighted by atomic mass is 10.0. The maximum absolute atomic E-state index is 12.2. The molecule has 0 aliphatic carbocycles. The zero-order chi connectivity index (χ0) is 16.2. The van der Waals surface area contributed by atoms with Crippen LogP contribution in [-0.2, 0) is 6.42 Å². The molecular weight excluding hydrogens is 316 g/mol. The smallest absolute Gasteiger partial charge is 0.319 e. The summed E-state index contributed by atoms with van der Waals surface area (Å²) in [5, 5.41) is 6.19. The van der Waals surface area contributed by atoms with Crippen LogP contribution in [0, 0.1) is 0 Å². The van der Waals surface area contributed by atoms with E-state index >= 15 is 0 Å². The Morgan fingerprint density at radius 2 is 2.13 bits per heavy atom. The minimum Gasteiger partial charge on any atom is -0.495 e. The second-order valence-corrected chi connectivity index (χ2v) is 5.70. The van der Waals surface area contributed by atoms with Gasteiger partial charge in [0.2, 0.25) is 0 Å². The van der Waals surface area contributed by atoms with Gasteiger partial charge in [0.1, 0.15) is 18.1 Å². The van der Waals surface area contributed by atoms with E-state index in [1.165, 1.54) is 7.11 Å². The third-order valence-electron chi connectivity index (χ3n) is 3.62. The van der Waals surface area contributed by atoms with Crippen LogP contribution in [0.25, 0.3) is 0 Å². The summed E-state index contributed by atoms with van der Waals surface area (Å²) in [7, 11) is 1.54. The van der Waals surface area contributed by atoms with E-state index in [2.05, 4.69) is 10.6 Å². The highest BCUT2D eigenvalue weighted by molar-refractivity contribution is 6.31. The van der Waals surface area contributed by atoms with Gasteiger partial charge >= 0.3 is 6.03 Å². The molecular formula is C17H17ClN2O3. The number of hydrogen-bond donors (Lipinski definition) is 2. The highest BCUT2D eigenvalue weighted by Crippen LogP contribution is 2.28. The van der Waals surface area contributed by atoms with Crippen molar-refractivity contribution in [2.45, 2.75) is 12.5 Å². The quantitative estimate of drug-likeness (QED) is 0.904. The number of urea groups is 1. The van der Waals surface area contributed by atoms with E-state index in [1.54, 1.807) is 18.2 Å². The normalized spacial score (nSPS) is 16.0. The van der Waals surface area contributed by atoms with E-state index in [0.717, 1.165) is 17.7 Å². The molecule has 2 aromatic rings. The largest absolute Gasteiger partial charge is 0.495 e. The third-order valence-corrected chi connectivity index (χ3v) is 3.86. The Balaban J connectivity index is 1.63. The van der Waals surface area contributed by atoms with E-state index in [0.29, 0.717) is 23.1 Å². The van der Waals surface area contributed by atoms with Gasteiger partial charge in [-0.05, 0) is 36.2 Å². The molecule has 1 atom stereocenters. The Morgan fingerprint density at radius 3 is 2.96 bits per heavy atom. The van der Waals surface area contributed by atoms with Crippen LogP contribution < -0.4 is 20.1 Å². The molecule has 0 bridgehead atoms. The predicted molar refractivity (Wildman–Crippen MR) is 89.6 cm³/mol. The number of amides is 2. The van der Waals surface area contributed by atoms with Crippen molar-refractivity contribution in [3.8, 4) is 11.5 Å². The number of methoxy groups -OCH3 is 1. The van der Waals surface area contributed by atoms with E-state index in [1.807, 2.05) is 24.3 Å². The fraction of sp³-hybridized carbons (Fsp3) is 0.235. The molecule has 2 aromatic carbocycles. The molecule has 3 rings (SSSR count). The molecule has 0 fully saturated rings. The molecule has 1 heterocycles. The molecule has 6 heteroatoms. The Bertz CT molecular complexity index is 721. The Hall–Kier alpha value is -2.40. The minimum absolute atomic E-state index is 0.0879. The maximum Gasteiger partial charge on any atom is 0.319 e. The highest BCUT2D eigenvalue weighted by atomic mass is 35.5. The number of carbonyl (C=O) groups is 1. The van der Waals surface area contributed by atoms with Crippen molar-refractivity contribution < 1.29 is 14.3 Å². The van der Waals surface area contributed by atoms with Gasteiger partial charge in [-0.2, -0.15) is 0 Å². The van der Waals surface area contributed by atoms with Gasteiger partial charge in [0.15, 0.2) is 0 Å². The molecule has 0 spiro atoms. The molecule has 120 valence electrons. The fourth-order valence-corrected chi connectivity index (χ4v) is 2.71. The van der Waals surface area contributed by atoms with Crippen LogP contribution in [0.5, 0.6) is 11.5 Å². The van der Waals surface area contributed by atoms with Gasteiger partial charge in [0, 0.05) is 5.02 Å². The molecule has 2 amide bonds. The molecule has 1 aliphatic heterocycles. The first kappa shape index (κ1) is 15.5. The molecule has 2 N–H and O–H groups in total. The van der Waals surface area contributed by atoms with Crippen molar-refractivity contribution in [3.63, 3.8) is 0 Å². The van der Waals surface area contributed by atoms with E-state index in [9.17, 15) is 4.79 Å². The maximum atomic E-state index is 12.2. The van der Waals surface area contributed by atoms with Gasteiger partial charge in [-0.15, -0.1) is 0 Å².